The van der Waals surface area contributed by atoms with E-state index in [2.05, 4.69) is 6.92 Å². The first-order chi connectivity index (χ1) is 9.72. The number of hydrogen-bond donors (Lipinski definition) is 0. The van der Waals surface area contributed by atoms with E-state index in [1.54, 1.807) is 0 Å². The van der Waals surface area contributed by atoms with Crippen LogP contribution in [0.1, 0.15) is 13.3 Å². The number of rotatable bonds is 3. The van der Waals surface area contributed by atoms with Crippen LogP contribution in [0.5, 0.6) is 5.75 Å². The smallest absolute Gasteiger partial charge is 0.138 e. The maximum Gasteiger partial charge on any atom is 0.138 e. The van der Waals surface area contributed by atoms with Crippen molar-refractivity contribution in [2.24, 2.45) is 0 Å². The largest absolute Gasteiger partial charge is 0.492 e. The third-order valence-electron chi connectivity index (χ3n) is 3.11. The monoisotopic (exact) mass is 304 g/mol. The normalized spacial score (nSPS) is 11.1. The van der Waals surface area contributed by atoms with Crippen LogP contribution >= 0.6 is 23.8 Å². The minimum Gasteiger partial charge on any atom is -0.492 e. The predicted molar refractivity (Wildman–Crippen MR) is 85.4 cm³/mol. The lowest BCUT2D eigenvalue weighted by Gasteiger charge is -2.10. The molecule has 0 N–H and O–H groups in total. The van der Waals surface area contributed by atoms with Gasteiger partial charge < -0.3 is 9.15 Å². The van der Waals surface area contributed by atoms with Gasteiger partial charge in [0.15, 0.2) is 0 Å². The maximum absolute atomic E-state index is 6.43. The second kappa shape index (κ2) is 5.43. The van der Waals surface area contributed by atoms with Crippen molar-refractivity contribution in [1.29, 1.82) is 0 Å². The summed E-state index contributed by atoms with van der Waals surface area (Å²) in [5.74, 6) is 0.651. The van der Waals surface area contributed by atoms with Gasteiger partial charge in [-0.25, -0.2) is 0 Å². The van der Waals surface area contributed by atoms with E-state index < -0.39 is 0 Å². The first-order valence-electron chi connectivity index (χ1n) is 6.49. The summed E-state index contributed by atoms with van der Waals surface area (Å²) in [7, 11) is 0. The quantitative estimate of drug-likeness (QED) is 0.454. The lowest BCUT2D eigenvalue weighted by molar-refractivity contribution is 0.318. The molecule has 20 heavy (non-hydrogen) atoms. The summed E-state index contributed by atoms with van der Waals surface area (Å²) in [4.78, 5) is 0. The van der Waals surface area contributed by atoms with E-state index in [9.17, 15) is 0 Å². The molecule has 0 radical (unpaired) electrons. The van der Waals surface area contributed by atoms with Gasteiger partial charge in [-0.15, -0.1) is 0 Å². The van der Waals surface area contributed by atoms with Gasteiger partial charge in [0.1, 0.15) is 16.9 Å². The molecule has 3 rings (SSSR count). The van der Waals surface area contributed by atoms with Crippen LogP contribution in [-0.2, 0) is 0 Å². The summed E-state index contributed by atoms with van der Waals surface area (Å²) in [6.45, 7) is 2.68. The summed E-state index contributed by atoms with van der Waals surface area (Å²) in [6, 6.07) is 11.4. The summed E-state index contributed by atoms with van der Waals surface area (Å²) >= 11 is 12.0. The fraction of sp³-hybridized carbons (Fsp3) is 0.188. The molecule has 1 aromatic heterocycles. The molecule has 1 heterocycles. The van der Waals surface area contributed by atoms with Gasteiger partial charge in [-0.1, -0.05) is 42.9 Å². The van der Waals surface area contributed by atoms with Gasteiger partial charge in [0.2, 0.25) is 0 Å². The predicted octanol–water partition coefficient (Wildman–Crippen LogP) is 5.76. The molecule has 0 aliphatic heterocycles. The number of hydrogen-bond acceptors (Lipinski definition) is 3. The highest BCUT2D eigenvalue weighted by atomic mass is 35.5. The van der Waals surface area contributed by atoms with Gasteiger partial charge in [0.05, 0.1) is 21.5 Å². The van der Waals surface area contributed by atoms with Crippen molar-refractivity contribution in [2.75, 3.05) is 6.61 Å². The number of para-hydroxylation sites is 1. The zero-order valence-corrected chi connectivity index (χ0v) is 12.6. The number of benzene rings is 2. The van der Waals surface area contributed by atoms with Crippen molar-refractivity contribution in [3.8, 4) is 5.75 Å². The molecule has 0 spiro atoms. The van der Waals surface area contributed by atoms with Crippen molar-refractivity contribution >= 4 is 45.8 Å². The van der Waals surface area contributed by atoms with Crippen molar-refractivity contribution < 1.29 is 9.15 Å². The molecule has 0 unspecified atom stereocenters. The minimum absolute atomic E-state index is 0.524. The standard InChI is InChI=1S/C16H13ClO2S/c1-2-9-18-13-8-7-12-14(15(13)17)16(20)10-5-3-4-6-11(10)19-12/h3-8H,2,9H2,1H3. The van der Waals surface area contributed by atoms with Crippen LogP contribution in [0.4, 0.5) is 0 Å². The molecule has 0 bridgehead atoms. The average Bonchev–Trinajstić information content (AvgIpc) is 2.47. The maximum atomic E-state index is 6.43. The lowest BCUT2D eigenvalue weighted by atomic mass is 10.1. The Morgan fingerprint density at radius 2 is 1.95 bits per heavy atom. The first-order valence-corrected chi connectivity index (χ1v) is 7.28. The Labute approximate surface area is 126 Å². The van der Waals surface area contributed by atoms with Crippen LogP contribution in [0.2, 0.25) is 5.02 Å². The summed E-state index contributed by atoms with van der Waals surface area (Å²) in [5, 5.41) is 2.16. The third kappa shape index (κ3) is 2.17. The molecule has 0 atom stereocenters. The topological polar surface area (TPSA) is 22.4 Å². The van der Waals surface area contributed by atoms with Crippen molar-refractivity contribution in [1.82, 2.24) is 0 Å². The second-order valence-corrected chi connectivity index (χ2v) is 5.31. The Hall–Kier alpha value is -1.58. The fourth-order valence-corrected chi connectivity index (χ4v) is 2.89. The fourth-order valence-electron chi connectivity index (χ4n) is 2.16. The minimum atomic E-state index is 0.524. The third-order valence-corrected chi connectivity index (χ3v) is 3.91. The van der Waals surface area contributed by atoms with Crippen LogP contribution in [0.25, 0.3) is 21.9 Å². The molecule has 102 valence electrons. The zero-order chi connectivity index (χ0) is 14.1. The highest BCUT2D eigenvalue weighted by Crippen LogP contribution is 2.36. The SMILES string of the molecule is CCCOc1ccc2oc3ccccc3c(=S)c2c1Cl. The molecule has 0 fully saturated rings. The summed E-state index contributed by atoms with van der Waals surface area (Å²) in [5.41, 5.74) is 1.45. The molecule has 2 nitrogen and oxygen atoms in total. The molecule has 2 aromatic carbocycles. The van der Waals surface area contributed by atoms with E-state index in [1.807, 2.05) is 36.4 Å². The van der Waals surface area contributed by atoms with E-state index in [4.69, 9.17) is 33.0 Å². The Balaban J connectivity index is 2.33. The van der Waals surface area contributed by atoms with E-state index >= 15 is 0 Å². The number of halogens is 1. The Morgan fingerprint density at radius 3 is 2.75 bits per heavy atom. The molecular weight excluding hydrogens is 292 g/mol. The van der Waals surface area contributed by atoms with Gasteiger partial charge in [-0.2, -0.15) is 0 Å². The van der Waals surface area contributed by atoms with Gasteiger partial charge >= 0.3 is 0 Å². The number of ether oxygens (including phenoxy) is 1. The van der Waals surface area contributed by atoms with Crippen LogP contribution in [0, 0.1) is 4.51 Å². The average molecular weight is 305 g/mol. The first kappa shape index (κ1) is 13.4. The highest BCUT2D eigenvalue weighted by Gasteiger charge is 2.12. The molecule has 0 aliphatic carbocycles. The van der Waals surface area contributed by atoms with Crippen LogP contribution < -0.4 is 4.74 Å². The molecule has 0 amide bonds. The van der Waals surface area contributed by atoms with E-state index in [0.717, 1.165) is 22.8 Å². The van der Waals surface area contributed by atoms with Gasteiger partial charge in [-0.05, 0) is 30.7 Å². The van der Waals surface area contributed by atoms with Crippen molar-refractivity contribution in [2.45, 2.75) is 13.3 Å². The van der Waals surface area contributed by atoms with Crippen LogP contribution in [0.3, 0.4) is 0 Å². The molecule has 4 heteroatoms. The van der Waals surface area contributed by atoms with E-state index in [1.165, 1.54) is 0 Å². The molecule has 0 aliphatic rings. The Bertz CT molecular complexity index is 839. The Kier molecular flexibility index (Phi) is 3.64. The van der Waals surface area contributed by atoms with Gasteiger partial charge in [0.25, 0.3) is 0 Å². The van der Waals surface area contributed by atoms with Gasteiger partial charge in [0, 0.05) is 5.39 Å². The van der Waals surface area contributed by atoms with Gasteiger partial charge in [-0.3, -0.25) is 0 Å². The van der Waals surface area contributed by atoms with E-state index in [-0.39, 0.29) is 0 Å². The Morgan fingerprint density at radius 1 is 1.15 bits per heavy atom. The van der Waals surface area contributed by atoms with E-state index in [0.29, 0.717) is 27.5 Å². The lowest BCUT2D eigenvalue weighted by Crippen LogP contribution is -1.96. The molecule has 3 aromatic rings. The molecule has 0 saturated carbocycles. The zero-order valence-electron chi connectivity index (χ0n) is 11.0. The second-order valence-electron chi connectivity index (χ2n) is 4.53. The number of fused-ring (bicyclic) bond motifs is 2. The molecule has 0 saturated heterocycles. The highest BCUT2D eigenvalue weighted by molar-refractivity contribution is 7.72. The summed E-state index contributed by atoms with van der Waals surface area (Å²) < 4.78 is 12.2. The summed E-state index contributed by atoms with van der Waals surface area (Å²) in [6.07, 6.45) is 0.928. The molecular formula is C16H13ClO2S. The van der Waals surface area contributed by atoms with Crippen LogP contribution in [0.15, 0.2) is 40.8 Å². The van der Waals surface area contributed by atoms with Crippen molar-refractivity contribution in [3.05, 3.63) is 45.9 Å². The van der Waals surface area contributed by atoms with Crippen LogP contribution in [-0.4, -0.2) is 6.61 Å². The van der Waals surface area contributed by atoms with Crippen molar-refractivity contribution in [3.63, 3.8) is 0 Å².